The summed E-state index contributed by atoms with van der Waals surface area (Å²) < 4.78 is 44.5. The fraction of sp³-hybridized carbons (Fsp3) is 0.250. The molecule has 336 valence electrons. The molecule has 3 aromatic rings. The van der Waals surface area contributed by atoms with E-state index >= 15 is 0 Å². The summed E-state index contributed by atoms with van der Waals surface area (Å²) in [5.41, 5.74) is 0.967. The van der Waals surface area contributed by atoms with E-state index in [0.717, 1.165) is 30.9 Å². The molecule has 0 saturated carbocycles. The number of aryl methyl sites for hydroxylation is 1. The van der Waals surface area contributed by atoms with Gasteiger partial charge in [0, 0.05) is 17.2 Å². The zero-order valence-electron chi connectivity index (χ0n) is 37.7. The van der Waals surface area contributed by atoms with Crippen LogP contribution in [0.25, 0.3) is 0 Å². The highest BCUT2D eigenvalue weighted by Crippen LogP contribution is 2.49. The summed E-state index contributed by atoms with van der Waals surface area (Å²) in [4.78, 5) is 0. The van der Waals surface area contributed by atoms with Crippen LogP contribution >= 0.6 is 23.2 Å². The summed E-state index contributed by atoms with van der Waals surface area (Å²) in [5.74, 6) is -1.68. The van der Waals surface area contributed by atoms with Crippen LogP contribution in [0.5, 0.6) is 0 Å². The quantitative estimate of drug-likeness (QED) is 0.210. The van der Waals surface area contributed by atoms with Gasteiger partial charge in [0.1, 0.15) is 66.3 Å². The van der Waals surface area contributed by atoms with Gasteiger partial charge in [0.2, 0.25) is 0 Å². The minimum Gasteiger partial charge on any atom is -0.475 e. The number of hydrogen-bond acceptors (Lipinski definition) is 12. The highest BCUT2D eigenvalue weighted by Gasteiger charge is 2.45. The molecule has 3 atom stereocenters. The molecule has 3 aliphatic heterocycles. The Morgan fingerprint density at radius 1 is 0.529 bits per heavy atom. The van der Waals surface area contributed by atoms with E-state index < -0.39 is 28.4 Å². The molecule has 0 amide bonds. The van der Waals surface area contributed by atoms with E-state index in [1.807, 2.05) is 50.3 Å². The summed E-state index contributed by atoms with van der Waals surface area (Å²) in [6.45, 7) is 12.3. The van der Waals surface area contributed by atoms with Crippen LogP contribution in [-0.2, 0) is 37.4 Å². The number of ether oxygens (including phenoxy) is 3. The summed E-state index contributed by atoms with van der Waals surface area (Å²) in [7, 11) is 0. The van der Waals surface area contributed by atoms with Crippen molar-refractivity contribution in [2.75, 3.05) is 0 Å². The van der Waals surface area contributed by atoms with Gasteiger partial charge in [-0.3, -0.25) is 0 Å². The molecule has 0 aliphatic carbocycles. The number of benzene rings is 3. The highest BCUT2D eigenvalue weighted by atomic mass is 35.5. The highest BCUT2D eigenvalue weighted by molar-refractivity contribution is 6.42. The summed E-state index contributed by atoms with van der Waals surface area (Å²) in [5, 5.41) is 82.9. The van der Waals surface area contributed by atoms with Crippen LogP contribution in [0.1, 0.15) is 83.6 Å². The second-order valence-electron chi connectivity index (χ2n) is 15.6. The smallest absolute Gasteiger partial charge is 0.172 e. The fourth-order valence-corrected chi connectivity index (χ4v) is 7.68. The predicted octanol–water partition coefficient (Wildman–Crippen LogP) is 12.1. The Morgan fingerprint density at radius 3 is 1.31 bits per heavy atom. The van der Waals surface area contributed by atoms with Gasteiger partial charge in [0.15, 0.2) is 50.8 Å². The second kappa shape index (κ2) is 21.6. The van der Waals surface area contributed by atoms with Crippen molar-refractivity contribution in [3.63, 3.8) is 0 Å². The van der Waals surface area contributed by atoms with Crippen molar-refractivity contribution in [2.45, 2.75) is 84.5 Å². The third-order valence-corrected chi connectivity index (χ3v) is 12.5. The number of nitriles is 9. The Labute approximate surface area is 403 Å². The van der Waals surface area contributed by atoms with Crippen LogP contribution in [0.4, 0.5) is 8.78 Å². The Kier molecular flexibility index (Phi) is 16.5. The summed E-state index contributed by atoms with van der Waals surface area (Å²) >= 11 is 12.0. The molecule has 0 fully saturated rings. The van der Waals surface area contributed by atoms with Crippen LogP contribution < -0.4 is 0 Å². The lowest BCUT2D eigenvalue weighted by atomic mass is 9.87. The number of unbranched alkanes of at least 4 members (excludes halogenated alkanes) is 1. The van der Waals surface area contributed by atoms with Crippen LogP contribution in [0, 0.1) is 114 Å². The molecule has 0 radical (unpaired) electrons. The molecular formula is C52H37Cl2F2N9O3. The van der Waals surface area contributed by atoms with Crippen molar-refractivity contribution in [3.8, 4) is 54.6 Å². The van der Waals surface area contributed by atoms with Gasteiger partial charge in [-0.25, -0.2) is 8.78 Å². The third-order valence-electron chi connectivity index (χ3n) is 11.8. The Morgan fingerprint density at radius 2 is 0.926 bits per heavy atom. The number of hydrogen-bond donors (Lipinski definition) is 0. The van der Waals surface area contributed by atoms with E-state index in [2.05, 4.69) is 25.1 Å². The van der Waals surface area contributed by atoms with Crippen molar-refractivity contribution in [1.82, 2.24) is 0 Å². The van der Waals surface area contributed by atoms with E-state index in [1.165, 1.54) is 18.6 Å². The fourth-order valence-electron chi connectivity index (χ4n) is 7.38. The van der Waals surface area contributed by atoms with E-state index in [4.69, 9.17) is 69.0 Å². The first-order chi connectivity index (χ1) is 32.3. The monoisotopic (exact) mass is 943 g/mol. The van der Waals surface area contributed by atoms with Gasteiger partial charge < -0.3 is 14.2 Å². The van der Waals surface area contributed by atoms with E-state index in [0.29, 0.717) is 38.4 Å². The van der Waals surface area contributed by atoms with Gasteiger partial charge in [0.05, 0.1) is 26.8 Å². The van der Waals surface area contributed by atoms with E-state index in [1.54, 1.807) is 63.2 Å². The Hall–Kier alpha value is -8.65. The van der Waals surface area contributed by atoms with Crippen molar-refractivity contribution in [1.29, 1.82) is 47.4 Å². The zero-order valence-corrected chi connectivity index (χ0v) is 39.2. The molecule has 68 heavy (non-hydrogen) atoms. The normalized spacial score (nSPS) is 19.7. The molecule has 0 bridgehead atoms. The molecule has 0 saturated heterocycles. The largest absolute Gasteiger partial charge is 0.475 e. The lowest BCUT2D eigenvalue weighted by Gasteiger charge is -2.27. The van der Waals surface area contributed by atoms with Crippen molar-refractivity contribution in [2.24, 2.45) is 0 Å². The molecular weight excluding hydrogens is 908 g/mol. The van der Waals surface area contributed by atoms with Crippen LogP contribution in [0.2, 0.25) is 10.0 Å². The van der Waals surface area contributed by atoms with Crippen molar-refractivity contribution in [3.05, 3.63) is 172 Å². The third kappa shape index (κ3) is 9.80. The molecule has 3 unspecified atom stereocenters. The molecule has 0 N–H and O–H groups in total. The standard InChI is InChI=1S/C20H19N3O.C16H9Cl2N3O.C16H9F2N3O/c1-4-5-6-15-7-9-17(10-8-15)20(3)14(2)18(13-23)19(24-20)16(11-21)12-22;1-9-12(8-21)15(10(6-19)7-20)22-16(9,2)11-3-4-13(17)14(18)5-11;1-9-12(8-21)15(10(6-19)7-20)22-16(9,2)13-4-3-11(17)5-14(13)18/h7-10H,4-6H2,1-3H3;2*3-5H,1-2H3. The summed E-state index contributed by atoms with van der Waals surface area (Å²) in [6.07, 6.45) is 3.32. The van der Waals surface area contributed by atoms with Crippen LogP contribution in [0.3, 0.4) is 0 Å². The maximum absolute atomic E-state index is 14.1. The minimum absolute atomic E-state index is 0.00132. The molecule has 0 spiro atoms. The van der Waals surface area contributed by atoms with Gasteiger partial charge in [-0.1, -0.05) is 66.9 Å². The van der Waals surface area contributed by atoms with E-state index in [-0.39, 0.29) is 56.3 Å². The van der Waals surface area contributed by atoms with Gasteiger partial charge >= 0.3 is 0 Å². The molecule has 0 aromatic heterocycles. The first-order valence-electron chi connectivity index (χ1n) is 20.4. The van der Waals surface area contributed by atoms with Gasteiger partial charge in [0.25, 0.3) is 0 Å². The predicted molar refractivity (Wildman–Crippen MR) is 243 cm³/mol. The van der Waals surface area contributed by atoms with Crippen LogP contribution in [0.15, 0.2) is 128 Å². The minimum atomic E-state index is -1.39. The zero-order chi connectivity index (χ0) is 50.7. The number of rotatable bonds is 6. The molecule has 16 heteroatoms. The van der Waals surface area contributed by atoms with Crippen LogP contribution in [-0.4, -0.2) is 0 Å². The molecule has 6 rings (SSSR count). The molecule has 3 aromatic carbocycles. The number of nitrogens with zero attached hydrogens (tertiary/aromatic N) is 9. The molecule has 12 nitrogen and oxygen atoms in total. The van der Waals surface area contributed by atoms with Crippen molar-refractivity contribution >= 4 is 23.2 Å². The Balaban J connectivity index is 0.000000223. The van der Waals surface area contributed by atoms with Gasteiger partial charge in [-0.05, 0) is 106 Å². The topological polar surface area (TPSA) is 242 Å². The first kappa shape index (κ1) is 52.0. The average molecular weight is 945 g/mol. The maximum atomic E-state index is 14.1. The number of allylic oxidation sites excluding steroid dienone is 6. The molecule has 3 heterocycles. The number of halogens is 4. The SMILES string of the molecule is CC1=C(C#N)C(=C(C#N)C#N)OC1(C)c1ccc(Cl)c(Cl)c1.CC1=C(C#N)C(=C(C#N)C#N)OC1(C)c1ccc(F)cc1F.CCCCc1ccc(C2(C)OC(=C(C#N)C#N)C(C#N)=C2C)cc1. The second-order valence-corrected chi connectivity index (χ2v) is 16.4. The maximum Gasteiger partial charge on any atom is 0.172 e. The summed E-state index contributed by atoms with van der Waals surface area (Å²) in [6, 6.07) is 32.5. The van der Waals surface area contributed by atoms with Crippen molar-refractivity contribution < 1.29 is 23.0 Å². The van der Waals surface area contributed by atoms with Gasteiger partial charge in [-0.15, -0.1) is 0 Å². The molecule has 3 aliphatic rings. The van der Waals surface area contributed by atoms with E-state index in [9.17, 15) is 24.6 Å². The lowest BCUT2D eigenvalue weighted by molar-refractivity contribution is 0.0691. The Bertz CT molecular complexity index is 3170. The van der Waals surface area contributed by atoms with Gasteiger partial charge in [-0.2, -0.15) is 47.4 Å². The lowest BCUT2D eigenvalue weighted by Crippen LogP contribution is -2.24. The average Bonchev–Trinajstić information content (AvgIpc) is 3.86. The first-order valence-corrected chi connectivity index (χ1v) is 21.1.